The third kappa shape index (κ3) is 2.34. The lowest BCUT2D eigenvalue weighted by molar-refractivity contribution is -0.646. The molecule has 3 heterocycles. The zero-order valence-electron chi connectivity index (χ0n) is 19.5. The number of rotatable bonds is 2. The fraction of sp³-hybridized carbons (Fsp3) is 0.200. The molecule has 0 saturated heterocycles. The minimum absolute atomic E-state index is 0.577. The van der Waals surface area contributed by atoms with Gasteiger partial charge >= 0.3 is 0 Å². The van der Waals surface area contributed by atoms with E-state index < -0.39 is 0 Å². The second kappa shape index (κ2) is 6.41. The molecule has 3 nitrogen and oxygen atoms in total. The molecule has 3 aromatic heterocycles. The van der Waals surface area contributed by atoms with Crippen molar-refractivity contribution in [3.8, 4) is 0 Å². The Labute approximate surface area is 192 Å². The van der Waals surface area contributed by atoms with E-state index in [-0.39, 0.29) is 0 Å². The van der Waals surface area contributed by atoms with Gasteiger partial charge in [0, 0.05) is 16.2 Å². The third-order valence-corrected chi connectivity index (χ3v) is 7.35. The molecule has 0 spiro atoms. The van der Waals surface area contributed by atoms with Gasteiger partial charge < -0.3 is 4.40 Å². The van der Waals surface area contributed by atoms with Gasteiger partial charge in [-0.3, -0.25) is 0 Å². The van der Waals surface area contributed by atoms with Crippen LogP contribution in [-0.2, 0) is 13.5 Å². The maximum Gasteiger partial charge on any atom is 0.287 e. The molecule has 0 unspecified atom stereocenters. The summed E-state index contributed by atoms with van der Waals surface area (Å²) in [4.78, 5) is 4.92. The fourth-order valence-electron chi connectivity index (χ4n) is 6.09. The monoisotopic (exact) mass is 428 g/mol. The van der Waals surface area contributed by atoms with Crippen molar-refractivity contribution in [3.05, 3.63) is 78.1 Å². The molecule has 3 heteroatoms. The van der Waals surface area contributed by atoms with Crippen molar-refractivity contribution in [2.24, 2.45) is 13.0 Å². The number of aromatic nitrogens is 3. The number of hydrogen-bond donors (Lipinski definition) is 0. The smallest absolute Gasteiger partial charge is 0.287 e. The minimum Gasteiger partial charge on any atom is -0.307 e. The summed E-state index contributed by atoms with van der Waals surface area (Å²) in [5, 5.41) is 7.90. The van der Waals surface area contributed by atoms with Gasteiger partial charge in [-0.1, -0.05) is 56.3 Å². The molecule has 0 radical (unpaired) electrons. The first kappa shape index (κ1) is 18.8. The Hall–Kier alpha value is -3.72. The summed E-state index contributed by atoms with van der Waals surface area (Å²) in [5.74, 6) is 0.577. The topological polar surface area (TPSA) is 21.2 Å². The van der Waals surface area contributed by atoms with Gasteiger partial charge in [0.2, 0.25) is 0 Å². The average molecular weight is 429 g/mol. The summed E-state index contributed by atoms with van der Waals surface area (Å²) in [5.41, 5.74) is 8.95. The molecule has 0 bridgehead atoms. The van der Waals surface area contributed by atoms with Gasteiger partial charge in [0.15, 0.2) is 5.52 Å². The molecule has 7 aromatic rings. The van der Waals surface area contributed by atoms with E-state index in [4.69, 9.17) is 4.98 Å². The van der Waals surface area contributed by atoms with Gasteiger partial charge in [-0.25, -0.2) is 4.57 Å². The maximum atomic E-state index is 4.92. The highest BCUT2D eigenvalue weighted by Gasteiger charge is 2.26. The van der Waals surface area contributed by atoms with Crippen molar-refractivity contribution in [2.75, 3.05) is 0 Å². The Morgan fingerprint density at radius 2 is 1.64 bits per heavy atom. The summed E-state index contributed by atoms with van der Waals surface area (Å²) in [6.07, 6.45) is 3.03. The van der Waals surface area contributed by atoms with Gasteiger partial charge in [-0.15, -0.1) is 0 Å². The molecule has 0 aliphatic rings. The van der Waals surface area contributed by atoms with Gasteiger partial charge in [0.05, 0.1) is 29.0 Å². The Balaban J connectivity index is 1.91. The van der Waals surface area contributed by atoms with E-state index in [0.29, 0.717) is 5.92 Å². The predicted octanol–water partition coefficient (Wildman–Crippen LogP) is 6.87. The van der Waals surface area contributed by atoms with Crippen molar-refractivity contribution >= 4 is 59.9 Å². The molecule has 7 rings (SSSR count). The molecule has 33 heavy (non-hydrogen) atoms. The first-order chi connectivity index (χ1) is 16.0. The predicted molar refractivity (Wildman–Crippen MR) is 138 cm³/mol. The number of fused-ring (bicyclic) bond motifs is 7. The Morgan fingerprint density at radius 3 is 2.45 bits per heavy atom. The highest BCUT2D eigenvalue weighted by molar-refractivity contribution is 6.28. The van der Waals surface area contributed by atoms with E-state index in [1.165, 1.54) is 65.5 Å². The number of pyridine rings is 1. The zero-order chi connectivity index (χ0) is 22.4. The van der Waals surface area contributed by atoms with Crippen LogP contribution in [0.15, 0.2) is 67.0 Å². The maximum absolute atomic E-state index is 4.92. The molecule has 0 N–H and O–H groups in total. The van der Waals surface area contributed by atoms with E-state index in [1.807, 2.05) is 6.33 Å². The first-order valence-electron chi connectivity index (χ1n) is 11.8. The molecule has 0 fully saturated rings. The Morgan fingerprint density at radius 1 is 0.879 bits per heavy atom. The van der Waals surface area contributed by atoms with Crippen LogP contribution >= 0.6 is 0 Å². The molecule has 0 aliphatic carbocycles. The van der Waals surface area contributed by atoms with E-state index in [1.54, 1.807) is 0 Å². The number of para-hydroxylation sites is 1. The van der Waals surface area contributed by atoms with Gasteiger partial charge in [0.1, 0.15) is 5.52 Å². The molecular weight excluding hydrogens is 402 g/mol. The van der Waals surface area contributed by atoms with Crippen molar-refractivity contribution in [1.29, 1.82) is 0 Å². The van der Waals surface area contributed by atoms with Gasteiger partial charge in [-0.05, 0) is 64.3 Å². The second-order valence-corrected chi connectivity index (χ2v) is 9.92. The van der Waals surface area contributed by atoms with Crippen molar-refractivity contribution in [1.82, 2.24) is 9.38 Å². The Bertz CT molecular complexity index is 1890. The van der Waals surface area contributed by atoms with Crippen LogP contribution in [0.4, 0.5) is 0 Å². The lowest BCUT2D eigenvalue weighted by atomic mass is 9.93. The Kier molecular flexibility index (Phi) is 3.66. The van der Waals surface area contributed by atoms with Crippen LogP contribution < -0.4 is 4.57 Å². The quantitative estimate of drug-likeness (QED) is 0.167. The van der Waals surface area contributed by atoms with E-state index >= 15 is 0 Å². The van der Waals surface area contributed by atoms with Crippen LogP contribution in [0.5, 0.6) is 0 Å². The minimum atomic E-state index is 0.577. The number of nitrogens with zero attached hydrogens (tertiary/aromatic N) is 3. The normalized spacial score (nSPS) is 12.6. The van der Waals surface area contributed by atoms with E-state index in [9.17, 15) is 0 Å². The molecule has 4 aromatic carbocycles. The summed E-state index contributed by atoms with van der Waals surface area (Å²) in [7, 11) is 2.13. The summed E-state index contributed by atoms with van der Waals surface area (Å²) in [6.45, 7) is 6.87. The lowest BCUT2D eigenvalue weighted by Gasteiger charge is -2.16. The first-order valence-corrected chi connectivity index (χ1v) is 11.8. The second-order valence-electron chi connectivity index (χ2n) is 9.92. The average Bonchev–Trinajstić information content (AvgIpc) is 3.16. The SMILES string of the molecule is Cc1c2ccccc2cc2c1c1c3c(cc(CC(C)C)c4c5ccccc5n2c43)nc[n+]1C. The van der Waals surface area contributed by atoms with Crippen molar-refractivity contribution < 1.29 is 4.57 Å². The van der Waals surface area contributed by atoms with E-state index in [2.05, 4.69) is 97.5 Å². The van der Waals surface area contributed by atoms with Crippen molar-refractivity contribution in [3.63, 3.8) is 0 Å². The van der Waals surface area contributed by atoms with Crippen LogP contribution in [0.25, 0.3) is 59.9 Å². The number of hydrogen-bond acceptors (Lipinski definition) is 1. The van der Waals surface area contributed by atoms with Crippen molar-refractivity contribution in [2.45, 2.75) is 27.2 Å². The lowest BCUT2D eigenvalue weighted by Crippen LogP contribution is -2.30. The molecule has 0 atom stereocenters. The summed E-state index contributed by atoms with van der Waals surface area (Å²) >= 11 is 0. The standard InChI is InChI=1S/C30H26N3/c1-17(2)13-20-14-23-28-29(32(4)16-31-23)26-18(3)21-10-6-5-9-19(21)15-25(26)33-24-12-8-7-11-22(24)27(20)30(28)33/h5-12,14-17H,13H2,1-4H3/q+1. The van der Waals surface area contributed by atoms with Crippen LogP contribution in [0.1, 0.15) is 25.0 Å². The number of aryl methyl sites for hydroxylation is 2. The molecule has 160 valence electrons. The zero-order valence-corrected chi connectivity index (χ0v) is 19.5. The molecular formula is C30H26N3+. The summed E-state index contributed by atoms with van der Waals surface area (Å²) < 4.78 is 4.73. The molecule has 0 aliphatic heterocycles. The van der Waals surface area contributed by atoms with Crippen LogP contribution in [0.3, 0.4) is 0 Å². The fourth-order valence-corrected chi connectivity index (χ4v) is 6.09. The van der Waals surface area contributed by atoms with Crippen LogP contribution in [0, 0.1) is 12.8 Å². The molecule has 0 saturated carbocycles. The van der Waals surface area contributed by atoms with Crippen LogP contribution in [-0.4, -0.2) is 9.38 Å². The van der Waals surface area contributed by atoms with Gasteiger partial charge in [-0.2, -0.15) is 0 Å². The molecule has 0 amide bonds. The van der Waals surface area contributed by atoms with Gasteiger partial charge in [0.25, 0.3) is 6.33 Å². The highest BCUT2D eigenvalue weighted by atomic mass is 15.0. The highest BCUT2D eigenvalue weighted by Crippen LogP contribution is 2.43. The third-order valence-electron chi connectivity index (χ3n) is 7.35. The van der Waals surface area contributed by atoms with E-state index in [0.717, 1.165) is 11.9 Å². The largest absolute Gasteiger partial charge is 0.307 e. The van der Waals surface area contributed by atoms with Crippen LogP contribution in [0.2, 0.25) is 0 Å². The number of benzene rings is 4. The summed E-state index contributed by atoms with van der Waals surface area (Å²) in [6, 6.07) is 22.4.